The Bertz CT molecular complexity index is 1030. The minimum atomic E-state index is -0.319. The number of benzene rings is 2. The van der Waals surface area contributed by atoms with Gasteiger partial charge in [-0.15, -0.1) is 0 Å². The van der Waals surface area contributed by atoms with Crippen LogP contribution in [0.25, 0.3) is 10.9 Å². The Morgan fingerprint density at radius 2 is 2.00 bits per heavy atom. The fourth-order valence-corrected chi connectivity index (χ4v) is 3.10. The molecule has 1 aromatic heterocycles. The molecule has 0 bridgehead atoms. The lowest BCUT2D eigenvalue weighted by Gasteiger charge is -2.21. The molecule has 0 N–H and O–H groups in total. The van der Waals surface area contributed by atoms with Gasteiger partial charge in [0.05, 0.1) is 17.2 Å². The first kappa shape index (κ1) is 18.8. The zero-order valence-corrected chi connectivity index (χ0v) is 15.5. The van der Waals surface area contributed by atoms with Crippen LogP contribution in [0.2, 0.25) is 0 Å². The second kappa shape index (κ2) is 8.12. The lowest BCUT2D eigenvalue weighted by molar-refractivity contribution is -0.131. The summed E-state index contributed by atoms with van der Waals surface area (Å²) in [5, 5.41) is 0.553. The van der Waals surface area contributed by atoms with Gasteiger partial charge in [0.15, 0.2) is 0 Å². The quantitative estimate of drug-likeness (QED) is 0.672. The van der Waals surface area contributed by atoms with Crippen LogP contribution in [0.5, 0.6) is 0 Å². The van der Waals surface area contributed by atoms with E-state index in [-0.39, 0.29) is 30.2 Å². The molecule has 5 nitrogen and oxygen atoms in total. The standard InChI is InChI=1S/C21H22FN3O2/c1-3-24(13-16-7-5-8-17(22)12-16)19(26)10-11-25-14-23-20-15(2)6-4-9-18(20)21(25)27/h4-9,12,14H,3,10-11,13H2,1-2H3. The average molecular weight is 367 g/mol. The number of carbonyl (C=O) groups excluding carboxylic acids is 1. The number of hydrogen-bond donors (Lipinski definition) is 0. The number of nitrogens with zero attached hydrogens (tertiary/aromatic N) is 3. The molecule has 140 valence electrons. The van der Waals surface area contributed by atoms with Gasteiger partial charge in [-0.1, -0.05) is 24.3 Å². The zero-order chi connectivity index (χ0) is 19.4. The molecule has 1 heterocycles. The number of aromatic nitrogens is 2. The van der Waals surface area contributed by atoms with Crippen molar-refractivity contribution in [2.24, 2.45) is 0 Å². The van der Waals surface area contributed by atoms with Gasteiger partial charge in [0.25, 0.3) is 5.56 Å². The molecule has 0 saturated heterocycles. The van der Waals surface area contributed by atoms with E-state index in [4.69, 9.17) is 0 Å². The number of para-hydroxylation sites is 1. The number of fused-ring (bicyclic) bond motifs is 1. The van der Waals surface area contributed by atoms with Gasteiger partial charge in [-0.2, -0.15) is 0 Å². The molecule has 0 atom stereocenters. The van der Waals surface area contributed by atoms with E-state index in [1.54, 1.807) is 23.1 Å². The number of rotatable bonds is 6. The van der Waals surface area contributed by atoms with Crippen LogP contribution >= 0.6 is 0 Å². The Hall–Kier alpha value is -3.02. The Morgan fingerprint density at radius 1 is 1.22 bits per heavy atom. The maximum absolute atomic E-state index is 13.3. The molecule has 27 heavy (non-hydrogen) atoms. The van der Waals surface area contributed by atoms with Crippen molar-refractivity contribution >= 4 is 16.8 Å². The number of halogens is 1. The SMILES string of the molecule is CCN(Cc1cccc(F)c1)C(=O)CCn1cnc2c(C)cccc2c1=O. The number of aryl methyl sites for hydroxylation is 2. The van der Waals surface area contributed by atoms with E-state index in [1.807, 2.05) is 26.0 Å². The molecule has 0 fully saturated rings. The van der Waals surface area contributed by atoms with Gasteiger partial charge < -0.3 is 4.90 Å². The Balaban J connectivity index is 1.71. The Morgan fingerprint density at radius 3 is 2.74 bits per heavy atom. The first-order valence-electron chi connectivity index (χ1n) is 8.96. The highest BCUT2D eigenvalue weighted by Gasteiger charge is 2.14. The lowest BCUT2D eigenvalue weighted by Crippen LogP contribution is -2.32. The third-order valence-corrected chi connectivity index (χ3v) is 4.62. The lowest BCUT2D eigenvalue weighted by atomic mass is 10.1. The molecular formula is C21H22FN3O2. The molecule has 2 aromatic carbocycles. The van der Waals surface area contributed by atoms with Gasteiger partial charge in [-0.05, 0) is 43.2 Å². The van der Waals surface area contributed by atoms with E-state index in [9.17, 15) is 14.0 Å². The predicted octanol–water partition coefficient (Wildman–Crippen LogP) is 3.28. The summed E-state index contributed by atoms with van der Waals surface area (Å²) in [4.78, 5) is 31.2. The van der Waals surface area contributed by atoms with Crippen molar-refractivity contribution in [2.45, 2.75) is 33.4 Å². The summed E-state index contributed by atoms with van der Waals surface area (Å²) in [6.45, 7) is 4.91. The minimum absolute atomic E-state index is 0.0852. The van der Waals surface area contributed by atoms with E-state index < -0.39 is 0 Å². The molecule has 0 saturated carbocycles. The molecule has 0 aliphatic heterocycles. The summed E-state index contributed by atoms with van der Waals surface area (Å²) in [5.41, 5.74) is 2.22. The largest absolute Gasteiger partial charge is 0.339 e. The molecule has 6 heteroatoms. The van der Waals surface area contributed by atoms with E-state index in [0.717, 1.165) is 11.1 Å². The van der Waals surface area contributed by atoms with E-state index >= 15 is 0 Å². The molecule has 0 unspecified atom stereocenters. The number of carbonyl (C=O) groups is 1. The summed E-state index contributed by atoms with van der Waals surface area (Å²) < 4.78 is 14.8. The highest BCUT2D eigenvalue weighted by molar-refractivity contribution is 5.80. The Kier molecular flexibility index (Phi) is 5.64. The molecule has 0 aliphatic rings. The van der Waals surface area contributed by atoms with Crippen molar-refractivity contribution in [1.29, 1.82) is 0 Å². The third-order valence-electron chi connectivity index (χ3n) is 4.62. The van der Waals surface area contributed by atoms with Crippen molar-refractivity contribution in [3.8, 4) is 0 Å². The molecule has 3 rings (SSSR count). The monoisotopic (exact) mass is 367 g/mol. The molecular weight excluding hydrogens is 345 g/mol. The van der Waals surface area contributed by atoms with E-state index in [0.29, 0.717) is 24.0 Å². The summed E-state index contributed by atoms with van der Waals surface area (Å²) in [6, 6.07) is 11.7. The third kappa shape index (κ3) is 4.22. The summed E-state index contributed by atoms with van der Waals surface area (Å²) in [5.74, 6) is -0.405. The van der Waals surface area contributed by atoms with Crippen LogP contribution in [-0.2, 0) is 17.9 Å². The van der Waals surface area contributed by atoms with Gasteiger partial charge in [-0.3, -0.25) is 14.2 Å². The topological polar surface area (TPSA) is 55.2 Å². The van der Waals surface area contributed by atoms with Gasteiger partial charge in [0.2, 0.25) is 5.91 Å². The second-order valence-corrected chi connectivity index (χ2v) is 6.50. The first-order valence-corrected chi connectivity index (χ1v) is 8.96. The summed E-state index contributed by atoms with van der Waals surface area (Å²) in [7, 11) is 0. The van der Waals surface area contributed by atoms with Gasteiger partial charge in [-0.25, -0.2) is 9.37 Å². The van der Waals surface area contributed by atoms with Gasteiger partial charge >= 0.3 is 0 Å². The fourth-order valence-electron chi connectivity index (χ4n) is 3.10. The molecule has 3 aromatic rings. The van der Waals surface area contributed by atoms with Crippen LogP contribution in [0.4, 0.5) is 4.39 Å². The smallest absolute Gasteiger partial charge is 0.261 e. The second-order valence-electron chi connectivity index (χ2n) is 6.50. The number of hydrogen-bond acceptors (Lipinski definition) is 3. The van der Waals surface area contributed by atoms with Gasteiger partial charge in [0.1, 0.15) is 5.82 Å². The summed E-state index contributed by atoms with van der Waals surface area (Å²) >= 11 is 0. The molecule has 0 aliphatic carbocycles. The molecule has 0 spiro atoms. The first-order chi connectivity index (χ1) is 13.0. The zero-order valence-electron chi connectivity index (χ0n) is 15.5. The van der Waals surface area contributed by atoms with E-state index in [1.165, 1.54) is 23.0 Å². The maximum atomic E-state index is 13.3. The highest BCUT2D eigenvalue weighted by Crippen LogP contribution is 2.12. The van der Waals surface area contributed by atoms with E-state index in [2.05, 4.69) is 4.98 Å². The van der Waals surface area contributed by atoms with Crippen molar-refractivity contribution < 1.29 is 9.18 Å². The van der Waals surface area contributed by atoms with Crippen molar-refractivity contribution in [3.05, 3.63) is 76.1 Å². The Labute approximate surface area is 157 Å². The van der Waals surface area contributed by atoms with Crippen LogP contribution in [0.1, 0.15) is 24.5 Å². The van der Waals surface area contributed by atoms with Gasteiger partial charge in [0, 0.05) is 26.1 Å². The molecule has 0 radical (unpaired) electrons. The van der Waals surface area contributed by atoms with Crippen LogP contribution in [0.15, 0.2) is 53.6 Å². The van der Waals surface area contributed by atoms with Crippen LogP contribution in [0.3, 0.4) is 0 Å². The minimum Gasteiger partial charge on any atom is -0.339 e. The average Bonchev–Trinajstić information content (AvgIpc) is 2.66. The summed E-state index contributed by atoms with van der Waals surface area (Å²) in [6.07, 6.45) is 1.68. The van der Waals surface area contributed by atoms with Crippen LogP contribution < -0.4 is 5.56 Å². The van der Waals surface area contributed by atoms with Crippen molar-refractivity contribution in [3.63, 3.8) is 0 Å². The predicted molar refractivity (Wildman–Crippen MR) is 103 cm³/mol. The highest BCUT2D eigenvalue weighted by atomic mass is 19.1. The van der Waals surface area contributed by atoms with Crippen molar-refractivity contribution in [1.82, 2.24) is 14.5 Å². The van der Waals surface area contributed by atoms with Crippen molar-refractivity contribution in [2.75, 3.05) is 6.54 Å². The molecule has 1 amide bonds. The fraction of sp³-hybridized carbons (Fsp3) is 0.286. The van der Waals surface area contributed by atoms with Crippen LogP contribution in [0, 0.1) is 12.7 Å². The normalized spacial score (nSPS) is 10.9. The van der Waals surface area contributed by atoms with Crippen LogP contribution in [-0.4, -0.2) is 26.9 Å². The number of amides is 1. The maximum Gasteiger partial charge on any atom is 0.261 e.